The highest BCUT2D eigenvalue weighted by molar-refractivity contribution is 5.78. The Labute approximate surface area is 160 Å². The van der Waals surface area contributed by atoms with E-state index in [9.17, 15) is 18.8 Å². The van der Waals surface area contributed by atoms with E-state index < -0.39 is 23.3 Å². The largest absolute Gasteiger partial charge is 0.496 e. The normalized spacial score (nSPS) is 16.6. The molecule has 0 aliphatic carbocycles. The van der Waals surface area contributed by atoms with E-state index in [1.807, 2.05) is 0 Å². The average molecular weight is 389 g/mol. The molecule has 8 nitrogen and oxygen atoms in total. The van der Waals surface area contributed by atoms with Crippen molar-refractivity contribution < 1.29 is 23.8 Å². The van der Waals surface area contributed by atoms with Gasteiger partial charge in [0.25, 0.3) is 5.56 Å². The van der Waals surface area contributed by atoms with E-state index in [0.717, 1.165) is 4.68 Å². The Morgan fingerprint density at radius 1 is 1.32 bits per heavy atom. The zero-order valence-corrected chi connectivity index (χ0v) is 15.3. The number of aliphatic carboxylic acids is 1. The van der Waals surface area contributed by atoms with Gasteiger partial charge in [-0.1, -0.05) is 0 Å². The molecule has 1 N–H and O–H groups in total. The summed E-state index contributed by atoms with van der Waals surface area (Å²) in [6.07, 6.45) is 1.12. The van der Waals surface area contributed by atoms with Crippen molar-refractivity contribution in [1.29, 1.82) is 0 Å². The molecular weight excluding hydrogens is 369 g/mol. The van der Waals surface area contributed by atoms with Crippen molar-refractivity contribution in [1.82, 2.24) is 14.7 Å². The van der Waals surface area contributed by atoms with Gasteiger partial charge in [0.1, 0.15) is 18.1 Å². The lowest BCUT2D eigenvalue weighted by molar-refractivity contribution is -0.145. The molecule has 148 valence electrons. The monoisotopic (exact) mass is 389 g/mol. The van der Waals surface area contributed by atoms with Gasteiger partial charge in [-0.3, -0.25) is 14.4 Å². The standard InChI is InChI=1S/C19H20FN3O5/c1-28-16-9-13(20)4-5-14(16)15-6-7-17(24)23(21-15)11-18(25)22-8-2-3-12(10-22)19(26)27/h4-7,9,12H,2-3,8,10-11H2,1H3,(H,26,27). The highest BCUT2D eigenvalue weighted by atomic mass is 19.1. The van der Waals surface area contributed by atoms with E-state index in [4.69, 9.17) is 9.84 Å². The number of carbonyl (C=O) groups excluding carboxylic acids is 1. The number of ether oxygens (including phenoxy) is 1. The molecule has 1 aliphatic rings. The summed E-state index contributed by atoms with van der Waals surface area (Å²) < 4.78 is 19.6. The highest BCUT2D eigenvalue weighted by Gasteiger charge is 2.28. The fourth-order valence-electron chi connectivity index (χ4n) is 3.22. The van der Waals surface area contributed by atoms with Crippen molar-refractivity contribution in [2.75, 3.05) is 20.2 Å². The van der Waals surface area contributed by atoms with Crippen LogP contribution in [0.3, 0.4) is 0 Å². The molecule has 1 saturated heterocycles. The van der Waals surface area contributed by atoms with Crippen LogP contribution in [-0.4, -0.2) is 51.9 Å². The third-order valence-corrected chi connectivity index (χ3v) is 4.71. The molecule has 1 amide bonds. The van der Waals surface area contributed by atoms with Gasteiger partial charge >= 0.3 is 5.97 Å². The van der Waals surface area contributed by atoms with Gasteiger partial charge in [-0.05, 0) is 31.0 Å². The van der Waals surface area contributed by atoms with Gasteiger partial charge in [-0.15, -0.1) is 0 Å². The molecule has 0 saturated carbocycles. The molecule has 1 aliphatic heterocycles. The summed E-state index contributed by atoms with van der Waals surface area (Å²) in [5, 5.41) is 13.4. The molecular formula is C19H20FN3O5. The Morgan fingerprint density at radius 3 is 2.82 bits per heavy atom. The van der Waals surface area contributed by atoms with Crippen LogP contribution in [0.2, 0.25) is 0 Å². The Kier molecular flexibility index (Phi) is 5.72. The van der Waals surface area contributed by atoms with Crippen molar-refractivity contribution in [3.05, 3.63) is 46.5 Å². The van der Waals surface area contributed by atoms with Crippen molar-refractivity contribution in [3.63, 3.8) is 0 Å². The average Bonchev–Trinajstić information content (AvgIpc) is 2.69. The minimum absolute atomic E-state index is 0.119. The number of carboxylic acid groups (broad SMARTS) is 1. The van der Waals surface area contributed by atoms with Crippen LogP contribution in [-0.2, 0) is 16.1 Å². The van der Waals surface area contributed by atoms with Crippen LogP contribution in [0.25, 0.3) is 11.3 Å². The number of likely N-dealkylation sites (tertiary alicyclic amines) is 1. The number of hydrogen-bond donors (Lipinski definition) is 1. The lowest BCUT2D eigenvalue weighted by Crippen LogP contribution is -2.44. The fourth-order valence-corrected chi connectivity index (χ4v) is 3.22. The summed E-state index contributed by atoms with van der Waals surface area (Å²) >= 11 is 0. The molecule has 1 unspecified atom stereocenters. The number of nitrogens with zero attached hydrogens (tertiary/aromatic N) is 3. The molecule has 0 spiro atoms. The minimum Gasteiger partial charge on any atom is -0.496 e. The summed E-state index contributed by atoms with van der Waals surface area (Å²) in [4.78, 5) is 37.3. The smallest absolute Gasteiger partial charge is 0.308 e. The van der Waals surface area contributed by atoms with Crippen molar-refractivity contribution in [2.24, 2.45) is 5.92 Å². The second kappa shape index (κ2) is 8.20. The summed E-state index contributed by atoms with van der Waals surface area (Å²) in [6.45, 7) is 0.264. The number of amides is 1. The number of carbonyl (C=O) groups is 2. The van der Waals surface area contributed by atoms with Crippen LogP contribution >= 0.6 is 0 Å². The third kappa shape index (κ3) is 4.19. The number of benzene rings is 1. The summed E-state index contributed by atoms with van der Waals surface area (Å²) in [7, 11) is 1.40. The lowest BCUT2D eigenvalue weighted by Gasteiger charge is -2.30. The van der Waals surface area contributed by atoms with E-state index in [0.29, 0.717) is 30.6 Å². The Morgan fingerprint density at radius 2 is 2.11 bits per heavy atom. The first-order valence-electron chi connectivity index (χ1n) is 8.81. The highest BCUT2D eigenvalue weighted by Crippen LogP contribution is 2.28. The number of hydrogen-bond acceptors (Lipinski definition) is 5. The summed E-state index contributed by atoms with van der Waals surface area (Å²) in [5.41, 5.74) is 0.366. The lowest BCUT2D eigenvalue weighted by atomic mass is 9.98. The molecule has 28 heavy (non-hydrogen) atoms. The van der Waals surface area contributed by atoms with Gasteiger partial charge in [0, 0.05) is 30.8 Å². The van der Waals surface area contributed by atoms with Crippen LogP contribution in [0.5, 0.6) is 5.75 Å². The molecule has 0 bridgehead atoms. The summed E-state index contributed by atoms with van der Waals surface area (Å²) in [5.74, 6) is -2.12. The molecule has 1 aromatic carbocycles. The first-order chi connectivity index (χ1) is 13.4. The van der Waals surface area contributed by atoms with Gasteiger partial charge in [0.2, 0.25) is 5.91 Å². The van der Waals surface area contributed by atoms with Crippen LogP contribution in [0.4, 0.5) is 4.39 Å². The van der Waals surface area contributed by atoms with Gasteiger partial charge in [-0.25, -0.2) is 9.07 Å². The van der Waals surface area contributed by atoms with E-state index in [1.54, 1.807) is 0 Å². The topological polar surface area (TPSA) is 102 Å². The van der Waals surface area contributed by atoms with Crippen LogP contribution < -0.4 is 10.3 Å². The maximum atomic E-state index is 13.4. The molecule has 1 aromatic heterocycles. The number of rotatable bonds is 5. The zero-order chi connectivity index (χ0) is 20.3. The van der Waals surface area contributed by atoms with Crippen LogP contribution in [0.1, 0.15) is 12.8 Å². The van der Waals surface area contributed by atoms with Gasteiger partial charge < -0.3 is 14.7 Å². The van der Waals surface area contributed by atoms with Gasteiger partial charge in [0.15, 0.2) is 0 Å². The van der Waals surface area contributed by atoms with Gasteiger partial charge in [0.05, 0.1) is 18.7 Å². The molecule has 1 fully saturated rings. The fraction of sp³-hybridized carbons (Fsp3) is 0.368. The van der Waals surface area contributed by atoms with Crippen LogP contribution in [0.15, 0.2) is 35.1 Å². The Balaban J connectivity index is 1.83. The maximum absolute atomic E-state index is 13.4. The molecule has 1 atom stereocenters. The van der Waals surface area contributed by atoms with Gasteiger partial charge in [-0.2, -0.15) is 5.10 Å². The summed E-state index contributed by atoms with van der Waals surface area (Å²) in [6, 6.07) is 6.68. The van der Waals surface area contributed by atoms with Crippen LogP contribution in [0, 0.1) is 11.7 Å². The number of piperidine rings is 1. The molecule has 0 radical (unpaired) electrons. The number of aromatic nitrogens is 2. The molecule has 9 heteroatoms. The van der Waals surface area contributed by atoms with Crippen molar-refractivity contribution >= 4 is 11.9 Å². The SMILES string of the molecule is COc1cc(F)ccc1-c1ccc(=O)n(CC(=O)N2CCCC(C(=O)O)C2)n1. The van der Waals surface area contributed by atoms with E-state index in [-0.39, 0.29) is 24.7 Å². The number of halogens is 1. The quantitative estimate of drug-likeness (QED) is 0.829. The van der Waals surface area contributed by atoms with Crippen molar-refractivity contribution in [2.45, 2.75) is 19.4 Å². The molecule has 2 heterocycles. The number of carboxylic acids is 1. The predicted molar refractivity (Wildman–Crippen MR) is 97.4 cm³/mol. The third-order valence-electron chi connectivity index (χ3n) is 4.71. The van der Waals surface area contributed by atoms with Crippen molar-refractivity contribution in [3.8, 4) is 17.0 Å². The first-order valence-corrected chi connectivity index (χ1v) is 8.81. The van der Waals surface area contributed by atoms with E-state index in [1.165, 1.54) is 42.3 Å². The minimum atomic E-state index is -0.932. The Bertz CT molecular complexity index is 959. The Hall–Kier alpha value is -3.23. The molecule has 2 aromatic rings. The first kappa shape index (κ1) is 19.5. The number of methoxy groups -OCH3 is 1. The maximum Gasteiger partial charge on any atom is 0.308 e. The zero-order valence-electron chi connectivity index (χ0n) is 15.3. The molecule has 3 rings (SSSR count). The van der Waals surface area contributed by atoms with E-state index >= 15 is 0 Å². The second-order valence-corrected chi connectivity index (χ2v) is 6.58. The second-order valence-electron chi connectivity index (χ2n) is 6.58. The predicted octanol–water partition coefficient (Wildman–Crippen LogP) is 1.38. The van der Waals surface area contributed by atoms with E-state index in [2.05, 4.69) is 5.10 Å².